The predicted molar refractivity (Wildman–Crippen MR) is 43.6 cm³/mol. The summed E-state index contributed by atoms with van der Waals surface area (Å²) >= 11 is 4.58. The van der Waals surface area contributed by atoms with E-state index in [0.717, 1.165) is 9.81 Å². The molecule has 50 valence electrons. The summed E-state index contributed by atoms with van der Waals surface area (Å²) in [6, 6.07) is 0. The standard InChI is InChI=1S/C3H7.C2H4Cl.CH3.Sn.H/c1-3-2;1-2-3;;;/h3H,1-2H3;1-2H2;1H3;;. The Labute approximate surface area is 64.3 Å². The van der Waals surface area contributed by atoms with Gasteiger partial charge in [0.15, 0.2) is 0 Å². The van der Waals surface area contributed by atoms with Crippen molar-refractivity contribution < 1.29 is 0 Å². The zero-order valence-electron chi connectivity index (χ0n) is 5.95. The molecule has 0 saturated carbocycles. The van der Waals surface area contributed by atoms with Crippen molar-refractivity contribution in [1.82, 2.24) is 0 Å². The van der Waals surface area contributed by atoms with E-state index in [-0.39, 0.29) is 0 Å². The molecule has 0 amide bonds. The molecular formula is C6H15ClSn. The van der Waals surface area contributed by atoms with Crippen molar-refractivity contribution in [3.8, 4) is 0 Å². The first-order chi connectivity index (χ1) is 3.68. The Hall–Kier alpha value is 1.09. The Kier molecular flexibility index (Phi) is 5.59. The van der Waals surface area contributed by atoms with Gasteiger partial charge in [-0.25, -0.2) is 0 Å². The molecule has 2 heteroatoms. The second-order valence-corrected chi connectivity index (χ2v) is 14.1. The van der Waals surface area contributed by atoms with Crippen molar-refractivity contribution >= 4 is 31.4 Å². The van der Waals surface area contributed by atoms with Gasteiger partial charge in [0.25, 0.3) is 0 Å². The summed E-state index contributed by atoms with van der Waals surface area (Å²) in [6.07, 6.45) is 0. The summed E-state index contributed by atoms with van der Waals surface area (Å²) in [5, 5.41) is 0. The molecule has 0 aliphatic heterocycles. The summed E-state index contributed by atoms with van der Waals surface area (Å²) in [5.41, 5.74) is 0. The molecule has 0 heterocycles. The van der Waals surface area contributed by atoms with E-state index >= 15 is 0 Å². The molecule has 0 aliphatic carbocycles. The summed E-state index contributed by atoms with van der Waals surface area (Å²) in [6.45, 7) is 4.65. The predicted octanol–water partition coefficient (Wildman–Crippen LogP) is 2.49. The molecule has 0 N–H and O–H groups in total. The average Bonchev–Trinajstić information content (AvgIpc) is 1.67. The maximum absolute atomic E-state index is 5.59. The van der Waals surface area contributed by atoms with Crippen LogP contribution in [-0.4, -0.2) is 25.6 Å². The number of halogens is 1. The van der Waals surface area contributed by atoms with Crippen molar-refractivity contribution in [1.29, 1.82) is 0 Å². The van der Waals surface area contributed by atoms with Crippen molar-refractivity contribution in [2.24, 2.45) is 0 Å². The van der Waals surface area contributed by atoms with Crippen molar-refractivity contribution in [2.45, 2.75) is 27.2 Å². The molecule has 0 radical (unpaired) electrons. The van der Waals surface area contributed by atoms with Crippen LogP contribution in [-0.2, 0) is 0 Å². The van der Waals surface area contributed by atoms with Gasteiger partial charge in [-0.3, -0.25) is 0 Å². The monoisotopic (exact) mass is 242 g/mol. The number of rotatable bonds is 3. The van der Waals surface area contributed by atoms with Gasteiger partial charge in [-0.05, 0) is 0 Å². The molecule has 1 unspecified atom stereocenters. The second-order valence-electron chi connectivity index (χ2n) is 2.70. The van der Waals surface area contributed by atoms with Gasteiger partial charge in [-0.15, -0.1) is 0 Å². The van der Waals surface area contributed by atoms with Crippen LogP contribution in [0.3, 0.4) is 0 Å². The minimum atomic E-state index is -1.02. The summed E-state index contributed by atoms with van der Waals surface area (Å²) in [5.74, 6) is 0.898. The van der Waals surface area contributed by atoms with Crippen LogP contribution < -0.4 is 0 Å². The Bertz CT molecular complexity index is 54.5. The van der Waals surface area contributed by atoms with Crippen molar-refractivity contribution in [3.05, 3.63) is 0 Å². The van der Waals surface area contributed by atoms with Crippen LogP contribution in [0.4, 0.5) is 0 Å². The van der Waals surface area contributed by atoms with Crippen LogP contribution in [0.25, 0.3) is 0 Å². The fourth-order valence-corrected chi connectivity index (χ4v) is 5.70. The van der Waals surface area contributed by atoms with Gasteiger partial charge in [-0.1, -0.05) is 0 Å². The van der Waals surface area contributed by atoms with Crippen LogP contribution in [0.5, 0.6) is 0 Å². The third-order valence-electron chi connectivity index (χ3n) is 1.70. The number of alkyl halides is 1. The fraction of sp³-hybridized carbons (Fsp3) is 1.00. The second kappa shape index (κ2) is 4.92. The molecule has 1 atom stereocenters. The third-order valence-corrected chi connectivity index (χ3v) is 12.9. The van der Waals surface area contributed by atoms with Gasteiger partial charge in [-0.2, -0.15) is 0 Å². The molecular weight excluding hydrogens is 226 g/mol. The molecule has 0 rings (SSSR count). The Balaban J connectivity index is 3.17. The number of hydrogen-bond donors (Lipinski definition) is 0. The molecule has 0 spiro atoms. The first kappa shape index (κ1) is 9.09. The van der Waals surface area contributed by atoms with Gasteiger partial charge >= 0.3 is 64.4 Å². The molecule has 0 aromatic rings. The van der Waals surface area contributed by atoms with Crippen LogP contribution >= 0.6 is 11.6 Å². The van der Waals surface area contributed by atoms with E-state index < -0.39 is 19.8 Å². The maximum atomic E-state index is 5.59. The zero-order valence-corrected chi connectivity index (χ0v) is 10.00. The Morgan fingerprint density at radius 2 is 2.00 bits per heavy atom. The topological polar surface area (TPSA) is 0 Å². The van der Waals surface area contributed by atoms with E-state index in [1.165, 1.54) is 4.44 Å². The normalized spacial score (nSPS) is 14.6. The van der Waals surface area contributed by atoms with Crippen molar-refractivity contribution in [3.63, 3.8) is 0 Å². The molecule has 0 fully saturated rings. The van der Waals surface area contributed by atoms with E-state index in [0.29, 0.717) is 0 Å². The SMILES string of the molecule is C[CH](C)[SnH]([CH3])[CH2]CCl. The van der Waals surface area contributed by atoms with E-state index in [2.05, 4.69) is 18.8 Å². The molecule has 0 bridgehead atoms. The quantitative estimate of drug-likeness (QED) is 0.526. The van der Waals surface area contributed by atoms with Crippen LogP contribution in [0.2, 0.25) is 13.3 Å². The van der Waals surface area contributed by atoms with Gasteiger partial charge < -0.3 is 0 Å². The van der Waals surface area contributed by atoms with Crippen LogP contribution in [0, 0.1) is 0 Å². The summed E-state index contributed by atoms with van der Waals surface area (Å²) < 4.78 is 2.36. The van der Waals surface area contributed by atoms with Crippen molar-refractivity contribution in [2.75, 3.05) is 5.88 Å². The van der Waals surface area contributed by atoms with E-state index in [9.17, 15) is 0 Å². The Morgan fingerprint density at radius 1 is 1.50 bits per heavy atom. The molecule has 0 aromatic heterocycles. The molecule has 0 saturated heterocycles. The summed E-state index contributed by atoms with van der Waals surface area (Å²) in [4.78, 5) is 2.45. The molecule has 8 heavy (non-hydrogen) atoms. The van der Waals surface area contributed by atoms with Crippen LogP contribution in [0.1, 0.15) is 13.8 Å². The first-order valence-corrected chi connectivity index (χ1v) is 11.3. The van der Waals surface area contributed by atoms with Crippen LogP contribution in [0.15, 0.2) is 0 Å². The van der Waals surface area contributed by atoms with E-state index in [1.807, 2.05) is 0 Å². The average molecular weight is 241 g/mol. The fourth-order valence-electron chi connectivity index (χ4n) is 0.505. The third kappa shape index (κ3) is 4.02. The van der Waals surface area contributed by atoms with Gasteiger partial charge in [0, 0.05) is 0 Å². The number of hydrogen-bond acceptors (Lipinski definition) is 0. The minimum absolute atomic E-state index is 0.898. The Morgan fingerprint density at radius 3 is 2.12 bits per heavy atom. The molecule has 0 aliphatic rings. The molecule has 0 aromatic carbocycles. The zero-order chi connectivity index (χ0) is 6.57. The van der Waals surface area contributed by atoms with E-state index in [4.69, 9.17) is 11.6 Å². The van der Waals surface area contributed by atoms with E-state index in [1.54, 1.807) is 0 Å². The van der Waals surface area contributed by atoms with Gasteiger partial charge in [0.05, 0.1) is 0 Å². The van der Waals surface area contributed by atoms with Gasteiger partial charge in [0.2, 0.25) is 0 Å². The van der Waals surface area contributed by atoms with Gasteiger partial charge in [0.1, 0.15) is 0 Å². The first-order valence-electron chi connectivity index (χ1n) is 3.24. The summed E-state index contributed by atoms with van der Waals surface area (Å²) in [7, 11) is 0. The molecule has 0 nitrogen and oxygen atoms in total.